The summed E-state index contributed by atoms with van der Waals surface area (Å²) in [4.78, 5) is 15.2. The van der Waals surface area contributed by atoms with E-state index < -0.39 is 5.97 Å². The van der Waals surface area contributed by atoms with Crippen molar-refractivity contribution >= 4 is 29.5 Å². The van der Waals surface area contributed by atoms with Crippen LogP contribution in [0, 0.1) is 0 Å². The van der Waals surface area contributed by atoms with E-state index in [1.54, 1.807) is 12.3 Å². The average Bonchev–Trinajstić information content (AvgIpc) is 3.17. The second kappa shape index (κ2) is 8.30. The molecular formula is C26H23NO4S. The molecule has 1 aromatic heterocycles. The van der Waals surface area contributed by atoms with E-state index in [1.807, 2.05) is 50.5 Å². The lowest BCUT2D eigenvalue weighted by molar-refractivity contribution is 0.0702. The van der Waals surface area contributed by atoms with E-state index in [0.29, 0.717) is 11.5 Å². The smallest absolute Gasteiger partial charge is 0.345 e. The number of carbonyl (C=O) groups is 1. The van der Waals surface area contributed by atoms with Gasteiger partial charge in [-0.2, -0.15) is 0 Å². The van der Waals surface area contributed by atoms with Crippen LogP contribution in [-0.2, 0) is 0 Å². The molecule has 3 aromatic rings. The molecule has 2 heterocycles. The van der Waals surface area contributed by atoms with Crippen molar-refractivity contribution in [2.45, 2.75) is 6.42 Å². The molecule has 6 heteroatoms. The van der Waals surface area contributed by atoms with Crippen LogP contribution < -0.4 is 19.9 Å². The highest BCUT2D eigenvalue weighted by Crippen LogP contribution is 2.44. The number of hydrogen-bond acceptors (Lipinski definition) is 5. The van der Waals surface area contributed by atoms with Crippen LogP contribution in [0.15, 0.2) is 48.7 Å². The largest absolute Gasteiger partial charge is 0.493 e. The molecule has 0 atom stereocenters. The topological polar surface area (TPSA) is 59.0 Å². The first-order valence-electron chi connectivity index (χ1n) is 10.5. The number of nitrogens with zero attached hydrogens (tertiary/aromatic N) is 1. The molecule has 5 nitrogen and oxygen atoms in total. The molecule has 32 heavy (non-hydrogen) atoms. The lowest BCUT2D eigenvalue weighted by atomic mass is 10.0. The number of fused-ring (bicyclic) bond motifs is 6. The van der Waals surface area contributed by atoms with Crippen LogP contribution in [0.2, 0.25) is 0 Å². The third-order valence-electron chi connectivity index (χ3n) is 5.58. The Bertz CT molecular complexity index is 1370. The van der Waals surface area contributed by atoms with E-state index in [1.165, 1.54) is 11.3 Å². The van der Waals surface area contributed by atoms with Gasteiger partial charge in [-0.1, -0.05) is 12.1 Å². The lowest BCUT2D eigenvalue weighted by Gasteiger charge is -2.14. The molecule has 162 valence electrons. The quantitative estimate of drug-likeness (QED) is 0.456. The first-order valence-corrected chi connectivity index (χ1v) is 11.3. The fraction of sp³-hybridized carbons (Fsp3) is 0.192. The summed E-state index contributed by atoms with van der Waals surface area (Å²) in [5.41, 5.74) is 3.87. The van der Waals surface area contributed by atoms with Gasteiger partial charge in [-0.05, 0) is 73.8 Å². The number of allylic oxidation sites excluding steroid dienone is 1. The Labute approximate surface area is 190 Å². The molecule has 0 saturated carbocycles. The van der Waals surface area contributed by atoms with E-state index >= 15 is 0 Å². The molecule has 0 fully saturated rings. The van der Waals surface area contributed by atoms with Gasteiger partial charge >= 0.3 is 5.97 Å². The molecule has 1 aliphatic heterocycles. The first kappa shape index (κ1) is 20.5. The molecule has 2 aromatic carbocycles. The van der Waals surface area contributed by atoms with Gasteiger partial charge in [-0.15, -0.1) is 11.3 Å². The standard InChI is InChI=1S/C26H23NO4S/c1-27(2)9-5-11-30-22-8-3-7-18-20(22)13-17-14-23-16(6-4-10-31-23)12-19(17)21-15-24(26(28)29)32-25(18)21/h3-4,6-8,10,12-15H,5,9,11H2,1-2H3,(H,28,29). The predicted octanol–water partition coefficient (Wildman–Crippen LogP) is 3.94. The van der Waals surface area contributed by atoms with Crippen LogP contribution in [0.3, 0.4) is 0 Å². The Hall–Kier alpha value is -3.35. The van der Waals surface area contributed by atoms with Crippen LogP contribution in [0.4, 0.5) is 0 Å². The van der Waals surface area contributed by atoms with Crippen molar-refractivity contribution < 1.29 is 19.4 Å². The summed E-state index contributed by atoms with van der Waals surface area (Å²) in [5.74, 6) is 0.669. The van der Waals surface area contributed by atoms with Crippen molar-refractivity contribution in [3.63, 3.8) is 0 Å². The summed E-state index contributed by atoms with van der Waals surface area (Å²) in [7, 11) is 4.10. The molecule has 5 rings (SSSR count). The van der Waals surface area contributed by atoms with Crippen molar-refractivity contribution in [3.8, 4) is 33.1 Å². The molecule has 0 saturated heterocycles. The van der Waals surface area contributed by atoms with Gasteiger partial charge in [0.1, 0.15) is 16.4 Å². The van der Waals surface area contributed by atoms with Gasteiger partial charge < -0.3 is 19.5 Å². The van der Waals surface area contributed by atoms with Crippen LogP contribution >= 0.6 is 11.3 Å². The minimum Gasteiger partial charge on any atom is -0.493 e. The van der Waals surface area contributed by atoms with Crippen LogP contribution in [0.1, 0.15) is 21.7 Å². The zero-order valence-corrected chi connectivity index (χ0v) is 18.7. The predicted molar refractivity (Wildman–Crippen MR) is 128 cm³/mol. The van der Waals surface area contributed by atoms with Crippen LogP contribution in [0.25, 0.3) is 33.7 Å². The monoisotopic (exact) mass is 445 g/mol. The second-order valence-corrected chi connectivity index (χ2v) is 9.17. The molecule has 0 amide bonds. The van der Waals surface area contributed by atoms with Gasteiger partial charge in [0.25, 0.3) is 0 Å². The lowest BCUT2D eigenvalue weighted by Crippen LogP contribution is -2.16. The van der Waals surface area contributed by atoms with E-state index in [-0.39, 0.29) is 0 Å². The van der Waals surface area contributed by atoms with Crippen molar-refractivity contribution in [1.29, 1.82) is 0 Å². The normalized spacial score (nSPS) is 13.0. The Balaban J connectivity index is 1.71. The van der Waals surface area contributed by atoms with Crippen molar-refractivity contribution in [2.75, 3.05) is 27.2 Å². The third kappa shape index (κ3) is 3.72. The number of hydrogen-bond donors (Lipinski definition) is 1. The molecule has 1 aliphatic carbocycles. The van der Waals surface area contributed by atoms with Gasteiger partial charge in [0.15, 0.2) is 0 Å². The minimum atomic E-state index is -0.915. The number of benzene rings is 2. The van der Waals surface area contributed by atoms with Gasteiger partial charge in [0.2, 0.25) is 0 Å². The van der Waals surface area contributed by atoms with Crippen molar-refractivity contribution in [1.82, 2.24) is 4.90 Å². The first-order chi connectivity index (χ1) is 15.5. The highest BCUT2D eigenvalue weighted by molar-refractivity contribution is 7.18. The fourth-order valence-corrected chi connectivity index (χ4v) is 5.14. The number of aromatic carboxylic acids is 1. The maximum Gasteiger partial charge on any atom is 0.345 e. The molecule has 1 N–H and O–H groups in total. The summed E-state index contributed by atoms with van der Waals surface area (Å²) >= 11 is 1.30. The summed E-state index contributed by atoms with van der Waals surface area (Å²) in [5, 5.41) is 11.6. The fourth-order valence-electron chi connectivity index (χ4n) is 4.08. The van der Waals surface area contributed by atoms with Crippen molar-refractivity contribution in [3.05, 3.63) is 69.6 Å². The maximum absolute atomic E-state index is 11.8. The summed E-state index contributed by atoms with van der Waals surface area (Å²) in [6, 6.07) is 11.9. The highest BCUT2D eigenvalue weighted by Gasteiger charge is 2.23. The second-order valence-electron chi connectivity index (χ2n) is 8.12. The Morgan fingerprint density at radius 1 is 1.12 bits per heavy atom. The SMILES string of the molecule is CN(C)CCCOc1cccc2c1C=c1cc3c(cc1-c1cc(C(=O)O)sc1-2)=CC=CO3. The highest BCUT2D eigenvalue weighted by atomic mass is 32.1. The molecule has 0 radical (unpaired) electrons. The number of carboxylic acids is 1. The molecule has 0 unspecified atom stereocenters. The van der Waals surface area contributed by atoms with E-state index in [2.05, 4.69) is 17.0 Å². The van der Waals surface area contributed by atoms with E-state index in [4.69, 9.17) is 9.47 Å². The van der Waals surface area contributed by atoms with Gasteiger partial charge in [0, 0.05) is 33.3 Å². The summed E-state index contributed by atoms with van der Waals surface area (Å²) in [6.07, 6.45) is 8.57. The third-order valence-corrected chi connectivity index (χ3v) is 6.74. The van der Waals surface area contributed by atoms with Crippen molar-refractivity contribution in [2.24, 2.45) is 0 Å². The van der Waals surface area contributed by atoms with Gasteiger partial charge in [0.05, 0.1) is 12.9 Å². The number of rotatable bonds is 6. The number of thiophene rings is 1. The zero-order valence-electron chi connectivity index (χ0n) is 17.9. The molecule has 0 bridgehead atoms. The molecule has 2 aliphatic rings. The summed E-state index contributed by atoms with van der Waals surface area (Å²) in [6.45, 7) is 1.56. The summed E-state index contributed by atoms with van der Waals surface area (Å²) < 4.78 is 11.9. The van der Waals surface area contributed by atoms with Gasteiger partial charge in [-0.25, -0.2) is 4.79 Å². The number of ether oxygens (including phenoxy) is 2. The van der Waals surface area contributed by atoms with E-state index in [0.717, 1.165) is 62.0 Å². The van der Waals surface area contributed by atoms with Crippen LogP contribution in [0.5, 0.6) is 11.5 Å². The molecular weight excluding hydrogens is 422 g/mol. The minimum absolute atomic E-state index is 0.323. The number of carboxylic acid groups (broad SMARTS) is 1. The Morgan fingerprint density at radius 3 is 2.81 bits per heavy atom. The molecule has 0 spiro atoms. The Morgan fingerprint density at radius 2 is 2.00 bits per heavy atom. The maximum atomic E-state index is 11.8. The zero-order chi connectivity index (χ0) is 22.2. The van der Waals surface area contributed by atoms with E-state index in [9.17, 15) is 9.90 Å². The van der Waals surface area contributed by atoms with Gasteiger partial charge in [-0.3, -0.25) is 0 Å². The Kier molecular flexibility index (Phi) is 5.33. The van der Waals surface area contributed by atoms with Crippen LogP contribution in [-0.4, -0.2) is 43.2 Å². The average molecular weight is 446 g/mol.